The molecule has 0 aromatic carbocycles. The fraction of sp³-hybridized carbons (Fsp3) is 0.667. The second kappa shape index (κ2) is 3.31. The maximum atomic E-state index is 5.36. The zero-order chi connectivity index (χ0) is 7.40. The molecule has 56 valence electrons. The number of hydrogen-bond donors (Lipinski definition) is 1. The molecule has 1 aromatic rings. The van der Waals surface area contributed by atoms with E-state index in [0.29, 0.717) is 6.54 Å². The topological polar surface area (TPSA) is 64.9 Å². The molecule has 0 fully saturated rings. The molecule has 4 nitrogen and oxygen atoms in total. The summed E-state index contributed by atoms with van der Waals surface area (Å²) in [7, 11) is 0. The van der Waals surface area contributed by atoms with E-state index in [4.69, 9.17) is 5.73 Å². The number of hydrogen-bond acceptors (Lipinski definition) is 4. The highest BCUT2D eigenvalue weighted by atomic mass is 16.6. The minimum absolute atomic E-state index is 0.416. The van der Waals surface area contributed by atoms with Crippen molar-refractivity contribution in [3.05, 3.63) is 11.4 Å². The lowest BCUT2D eigenvalue weighted by Crippen LogP contribution is -2.00. The summed E-state index contributed by atoms with van der Waals surface area (Å²) < 4.78 is 4.51. The third kappa shape index (κ3) is 1.33. The summed E-state index contributed by atoms with van der Waals surface area (Å²) >= 11 is 0. The van der Waals surface area contributed by atoms with Crippen LogP contribution >= 0.6 is 0 Å². The lowest BCUT2D eigenvalue weighted by molar-refractivity contribution is 0.300. The standard InChI is InChI=1S/C6H11N3O/c1-2-3-5-6(4-7)9-10-8-5/h2-4,7H2,1H3. The first-order valence-corrected chi connectivity index (χ1v) is 3.38. The van der Waals surface area contributed by atoms with Gasteiger partial charge in [0, 0.05) is 6.54 Å². The summed E-state index contributed by atoms with van der Waals surface area (Å²) in [6.07, 6.45) is 1.94. The highest BCUT2D eigenvalue weighted by Crippen LogP contribution is 2.03. The molecule has 0 saturated carbocycles. The molecule has 0 atom stereocenters. The minimum atomic E-state index is 0.416. The Bertz CT molecular complexity index is 197. The van der Waals surface area contributed by atoms with Gasteiger partial charge in [-0.2, -0.15) is 0 Å². The van der Waals surface area contributed by atoms with Gasteiger partial charge < -0.3 is 5.73 Å². The van der Waals surface area contributed by atoms with E-state index in [9.17, 15) is 0 Å². The Morgan fingerprint density at radius 1 is 1.40 bits per heavy atom. The van der Waals surface area contributed by atoms with Crippen LogP contribution < -0.4 is 5.73 Å². The van der Waals surface area contributed by atoms with Gasteiger partial charge in [-0.3, -0.25) is 0 Å². The van der Waals surface area contributed by atoms with Crippen molar-refractivity contribution in [3.8, 4) is 0 Å². The molecule has 10 heavy (non-hydrogen) atoms. The molecule has 1 rings (SSSR count). The van der Waals surface area contributed by atoms with Gasteiger partial charge in [-0.05, 0) is 6.42 Å². The van der Waals surface area contributed by atoms with Gasteiger partial charge in [-0.1, -0.05) is 23.7 Å². The second-order valence-corrected chi connectivity index (χ2v) is 2.11. The van der Waals surface area contributed by atoms with Crippen molar-refractivity contribution in [2.24, 2.45) is 5.73 Å². The predicted octanol–water partition coefficient (Wildman–Crippen LogP) is 0.481. The van der Waals surface area contributed by atoms with Gasteiger partial charge in [0.25, 0.3) is 0 Å². The van der Waals surface area contributed by atoms with E-state index in [2.05, 4.69) is 21.9 Å². The molecule has 4 heteroatoms. The van der Waals surface area contributed by atoms with Crippen molar-refractivity contribution in [3.63, 3.8) is 0 Å². The van der Waals surface area contributed by atoms with Crippen molar-refractivity contribution in [1.29, 1.82) is 0 Å². The van der Waals surface area contributed by atoms with Crippen molar-refractivity contribution in [2.45, 2.75) is 26.3 Å². The lowest BCUT2D eigenvalue weighted by Gasteiger charge is -1.90. The maximum absolute atomic E-state index is 5.36. The molecule has 0 aliphatic heterocycles. The van der Waals surface area contributed by atoms with Crippen LogP contribution in [0.1, 0.15) is 24.7 Å². The molecule has 0 aliphatic carbocycles. The Hall–Kier alpha value is -0.900. The molecule has 0 radical (unpaired) electrons. The molecule has 0 aliphatic rings. The third-order valence-electron chi connectivity index (χ3n) is 1.32. The Labute approximate surface area is 59.4 Å². The van der Waals surface area contributed by atoms with Gasteiger partial charge in [0.1, 0.15) is 11.4 Å². The SMILES string of the molecule is CCCc1nonc1CN. The predicted molar refractivity (Wildman–Crippen MR) is 36.2 cm³/mol. The smallest absolute Gasteiger partial charge is 0.121 e. The molecular weight excluding hydrogens is 130 g/mol. The first-order valence-electron chi connectivity index (χ1n) is 3.38. The Morgan fingerprint density at radius 2 is 2.10 bits per heavy atom. The van der Waals surface area contributed by atoms with E-state index < -0.39 is 0 Å². The molecule has 1 heterocycles. The van der Waals surface area contributed by atoms with Gasteiger partial charge in [-0.25, -0.2) is 4.63 Å². The van der Waals surface area contributed by atoms with Crippen molar-refractivity contribution >= 4 is 0 Å². The van der Waals surface area contributed by atoms with Crippen molar-refractivity contribution in [1.82, 2.24) is 10.3 Å². The highest BCUT2D eigenvalue weighted by molar-refractivity contribution is 5.06. The van der Waals surface area contributed by atoms with Crippen LogP contribution in [0, 0.1) is 0 Å². The number of aromatic nitrogens is 2. The molecular formula is C6H11N3O. The van der Waals surface area contributed by atoms with Gasteiger partial charge in [0.15, 0.2) is 0 Å². The number of nitrogens with zero attached hydrogens (tertiary/aromatic N) is 2. The van der Waals surface area contributed by atoms with Crippen LogP contribution in [0.15, 0.2) is 4.63 Å². The van der Waals surface area contributed by atoms with Gasteiger partial charge in [0.05, 0.1) is 0 Å². The van der Waals surface area contributed by atoms with Gasteiger partial charge >= 0.3 is 0 Å². The van der Waals surface area contributed by atoms with Crippen LogP contribution in [0.3, 0.4) is 0 Å². The zero-order valence-corrected chi connectivity index (χ0v) is 6.00. The van der Waals surface area contributed by atoms with Crippen molar-refractivity contribution in [2.75, 3.05) is 0 Å². The van der Waals surface area contributed by atoms with Crippen LogP contribution in [-0.2, 0) is 13.0 Å². The van der Waals surface area contributed by atoms with E-state index in [-0.39, 0.29) is 0 Å². The summed E-state index contributed by atoms with van der Waals surface area (Å²) in [5.74, 6) is 0. The largest absolute Gasteiger partial charge is 0.325 e. The summed E-state index contributed by atoms with van der Waals surface area (Å²) in [6.45, 7) is 2.49. The second-order valence-electron chi connectivity index (χ2n) is 2.11. The molecule has 2 N–H and O–H groups in total. The van der Waals surface area contributed by atoms with E-state index in [1.807, 2.05) is 0 Å². The van der Waals surface area contributed by atoms with E-state index >= 15 is 0 Å². The van der Waals surface area contributed by atoms with Gasteiger partial charge in [-0.15, -0.1) is 0 Å². The van der Waals surface area contributed by atoms with Gasteiger partial charge in [0.2, 0.25) is 0 Å². The first kappa shape index (κ1) is 7.21. The molecule has 0 amide bonds. The van der Waals surface area contributed by atoms with Crippen LogP contribution in [0.4, 0.5) is 0 Å². The average Bonchev–Trinajstić information content (AvgIpc) is 2.36. The van der Waals surface area contributed by atoms with Crippen molar-refractivity contribution < 1.29 is 4.63 Å². The van der Waals surface area contributed by atoms with Crippen LogP contribution in [-0.4, -0.2) is 10.3 Å². The molecule has 0 saturated heterocycles. The fourth-order valence-corrected chi connectivity index (χ4v) is 0.806. The first-order chi connectivity index (χ1) is 4.88. The minimum Gasteiger partial charge on any atom is -0.325 e. The van der Waals surface area contributed by atoms with E-state index in [0.717, 1.165) is 24.2 Å². The third-order valence-corrected chi connectivity index (χ3v) is 1.32. The summed E-state index contributed by atoms with van der Waals surface area (Å²) in [5, 5.41) is 7.35. The number of nitrogens with two attached hydrogens (primary N) is 1. The summed E-state index contributed by atoms with van der Waals surface area (Å²) in [5.41, 5.74) is 7.04. The Balaban J connectivity index is 2.70. The van der Waals surface area contributed by atoms with Crippen LogP contribution in [0.2, 0.25) is 0 Å². The molecule has 0 bridgehead atoms. The number of rotatable bonds is 3. The summed E-state index contributed by atoms with van der Waals surface area (Å²) in [6, 6.07) is 0. The average molecular weight is 141 g/mol. The Morgan fingerprint density at radius 3 is 2.70 bits per heavy atom. The maximum Gasteiger partial charge on any atom is 0.121 e. The molecule has 0 spiro atoms. The molecule has 1 aromatic heterocycles. The van der Waals surface area contributed by atoms with E-state index in [1.165, 1.54) is 0 Å². The Kier molecular flexibility index (Phi) is 2.39. The van der Waals surface area contributed by atoms with E-state index in [1.54, 1.807) is 0 Å². The van der Waals surface area contributed by atoms with Crippen LogP contribution in [0.25, 0.3) is 0 Å². The van der Waals surface area contributed by atoms with Crippen LogP contribution in [0.5, 0.6) is 0 Å². The fourth-order valence-electron chi connectivity index (χ4n) is 0.806. The summed E-state index contributed by atoms with van der Waals surface area (Å²) in [4.78, 5) is 0. The molecule has 0 unspecified atom stereocenters. The highest BCUT2D eigenvalue weighted by Gasteiger charge is 2.05. The normalized spacial score (nSPS) is 10.2. The number of aryl methyl sites for hydroxylation is 1. The quantitative estimate of drug-likeness (QED) is 0.665. The zero-order valence-electron chi connectivity index (χ0n) is 6.00. The monoisotopic (exact) mass is 141 g/mol. The lowest BCUT2D eigenvalue weighted by atomic mass is 10.2.